The third kappa shape index (κ3) is 5.49. The van der Waals surface area contributed by atoms with Crippen LogP contribution in [0.15, 0.2) is 82.0 Å². The van der Waals surface area contributed by atoms with Crippen molar-refractivity contribution >= 4 is 43.5 Å². The number of rotatable bonds is 7. The first-order chi connectivity index (χ1) is 21.8. The summed E-state index contributed by atoms with van der Waals surface area (Å²) in [5, 5.41) is 11.6. The quantitative estimate of drug-likeness (QED) is 0.251. The van der Waals surface area contributed by atoms with Gasteiger partial charge in [0, 0.05) is 36.7 Å². The first-order valence-electron chi connectivity index (χ1n) is 14.0. The Morgan fingerprint density at radius 2 is 1.61 bits per heavy atom. The predicted molar refractivity (Wildman–Crippen MR) is 171 cm³/mol. The predicted octanol–water partition coefficient (Wildman–Crippen LogP) is 5.26. The van der Waals surface area contributed by atoms with Crippen LogP contribution in [-0.2, 0) is 16.6 Å². The fourth-order valence-corrected chi connectivity index (χ4v) is 5.84. The monoisotopic (exact) mass is 643 g/mol. The lowest BCUT2D eigenvalue weighted by Gasteiger charge is -2.21. The molecule has 0 fully saturated rings. The molecule has 0 spiro atoms. The van der Waals surface area contributed by atoms with Crippen molar-refractivity contribution in [1.82, 2.24) is 20.3 Å². The molecule has 0 unspecified atom stereocenters. The van der Waals surface area contributed by atoms with Gasteiger partial charge in [-0.25, -0.2) is 21.9 Å². The second-order valence-corrected chi connectivity index (χ2v) is 12.9. The van der Waals surface area contributed by atoms with Gasteiger partial charge in [-0.05, 0) is 78.2 Å². The maximum absolute atomic E-state index is 13.7. The zero-order valence-electron chi connectivity index (χ0n) is 25.1. The molecule has 0 aliphatic rings. The van der Waals surface area contributed by atoms with Crippen LogP contribution in [0, 0.1) is 18.6 Å². The topological polar surface area (TPSA) is 127 Å². The smallest absolute Gasteiger partial charge is 0.277 e. The van der Waals surface area contributed by atoms with Gasteiger partial charge in [-0.2, -0.15) is 0 Å². The first-order valence-corrected chi connectivity index (χ1v) is 15.9. The van der Waals surface area contributed by atoms with Crippen LogP contribution in [-0.4, -0.2) is 49.7 Å². The average Bonchev–Trinajstić information content (AvgIpc) is 3.40. The number of nitrogens with one attached hydrogen (secondary N) is 1. The Morgan fingerprint density at radius 1 is 0.957 bits per heavy atom. The summed E-state index contributed by atoms with van der Waals surface area (Å²) < 4.78 is 61.2. The molecule has 0 radical (unpaired) electrons. The fourth-order valence-electron chi connectivity index (χ4n) is 5.33. The zero-order chi connectivity index (χ0) is 32.9. The van der Waals surface area contributed by atoms with E-state index in [1.165, 1.54) is 61.2 Å². The van der Waals surface area contributed by atoms with E-state index in [-0.39, 0.29) is 34.5 Å². The van der Waals surface area contributed by atoms with Crippen LogP contribution >= 0.6 is 0 Å². The largest absolute Gasteiger partial charge is 0.455 e. The third-order valence-electron chi connectivity index (χ3n) is 7.78. The first kappa shape index (κ1) is 30.6. The molecule has 234 valence electrons. The van der Waals surface area contributed by atoms with E-state index in [9.17, 15) is 26.8 Å². The van der Waals surface area contributed by atoms with Gasteiger partial charge in [-0.1, -0.05) is 17.3 Å². The maximum atomic E-state index is 13.7. The summed E-state index contributed by atoms with van der Waals surface area (Å²) in [5.74, 6) is -1.17. The van der Waals surface area contributed by atoms with E-state index in [0.29, 0.717) is 38.7 Å². The summed E-state index contributed by atoms with van der Waals surface area (Å²) in [5.41, 5.74) is 3.08. The van der Waals surface area contributed by atoms with Crippen LogP contribution in [0.1, 0.15) is 21.5 Å². The molecule has 46 heavy (non-hydrogen) atoms. The Balaban J connectivity index is 1.61. The Labute approximate surface area is 261 Å². The molecule has 0 saturated heterocycles. The van der Waals surface area contributed by atoms with Gasteiger partial charge >= 0.3 is 0 Å². The molecule has 2 aromatic heterocycles. The van der Waals surface area contributed by atoms with E-state index < -0.39 is 33.1 Å². The molecule has 0 aliphatic carbocycles. The highest BCUT2D eigenvalue weighted by atomic mass is 32.2. The number of furan rings is 1. The molecule has 0 atom stereocenters. The summed E-state index contributed by atoms with van der Waals surface area (Å²) in [4.78, 5) is 26.9. The van der Waals surface area contributed by atoms with E-state index in [1.807, 2.05) is 0 Å². The number of carbonyl (C=O) groups is 1. The van der Waals surface area contributed by atoms with Crippen LogP contribution in [0.25, 0.3) is 44.3 Å². The number of aromatic nitrogens is 3. The molecule has 6 rings (SSSR count). The molecule has 0 bridgehead atoms. The van der Waals surface area contributed by atoms with Crippen molar-refractivity contribution in [2.45, 2.75) is 13.5 Å². The minimum atomic E-state index is -3.79. The van der Waals surface area contributed by atoms with Gasteiger partial charge in [0.05, 0.1) is 29.4 Å². The minimum Gasteiger partial charge on any atom is -0.455 e. The van der Waals surface area contributed by atoms with Crippen molar-refractivity contribution in [3.05, 3.63) is 111 Å². The van der Waals surface area contributed by atoms with Crippen molar-refractivity contribution in [1.29, 1.82) is 0 Å². The molecule has 0 saturated carbocycles. The zero-order valence-corrected chi connectivity index (χ0v) is 25.9. The molecular formula is C33H27F2N5O5S. The Morgan fingerprint density at radius 3 is 2.24 bits per heavy atom. The normalized spacial score (nSPS) is 11.7. The van der Waals surface area contributed by atoms with Crippen LogP contribution in [0.2, 0.25) is 0 Å². The summed E-state index contributed by atoms with van der Waals surface area (Å²) in [6.07, 6.45) is 1.05. The van der Waals surface area contributed by atoms with Crippen LogP contribution in [0.3, 0.4) is 0 Å². The average molecular weight is 644 g/mol. The Hall–Kier alpha value is -5.43. The number of hydrogen-bond donors (Lipinski definition) is 1. The van der Waals surface area contributed by atoms with Gasteiger partial charge in [-0.3, -0.25) is 13.9 Å². The Kier molecular flexibility index (Phi) is 7.64. The standard InChI is InChI=1S/C33H27F2N5O5S/c1-18-13-21(14-26-30(18)37-38-40(33(26)42)17-19-5-9-22(34)10-6-19)24-15-25-28(16-27(24)39(3)46(4,43)44)45-31(29(25)32(41)36-2)20-7-11-23(35)12-8-20/h5-16H,17H2,1-4H3,(H,36,41). The van der Waals surface area contributed by atoms with E-state index in [4.69, 9.17) is 4.42 Å². The molecule has 1 N–H and O–H groups in total. The highest BCUT2D eigenvalue weighted by Crippen LogP contribution is 2.42. The number of fused-ring (bicyclic) bond motifs is 2. The Bertz CT molecular complexity index is 2330. The van der Waals surface area contributed by atoms with Crippen LogP contribution in [0.5, 0.6) is 0 Å². The number of sulfonamides is 1. The molecule has 10 nitrogen and oxygen atoms in total. The van der Waals surface area contributed by atoms with Crippen LogP contribution in [0.4, 0.5) is 14.5 Å². The van der Waals surface area contributed by atoms with Gasteiger partial charge < -0.3 is 9.73 Å². The van der Waals surface area contributed by atoms with Crippen molar-refractivity contribution in [3.8, 4) is 22.5 Å². The second-order valence-electron chi connectivity index (χ2n) is 10.9. The molecule has 1 amide bonds. The van der Waals surface area contributed by atoms with Crippen molar-refractivity contribution < 1.29 is 26.4 Å². The number of nitrogens with zero attached hydrogens (tertiary/aromatic N) is 4. The number of aryl methyl sites for hydroxylation is 1. The lowest BCUT2D eigenvalue weighted by molar-refractivity contribution is 0.0964. The summed E-state index contributed by atoms with van der Waals surface area (Å²) in [7, 11) is -0.933. The van der Waals surface area contributed by atoms with Gasteiger partial charge in [0.15, 0.2) is 0 Å². The number of hydrogen-bond acceptors (Lipinski definition) is 7. The SMILES string of the molecule is CNC(=O)c1c(-c2ccc(F)cc2)oc2cc(N(C)S(C)(=O)=O)c(-c3cc(C)c4nnn(Cc5ccc(F)cc5)c(=O)c4c3)cc12. The highest BCUT2D eigenvalue weighted by Gasteiger charge is 2.26. The molecule has 4 aromatic carbocycles. The van der Waals surface area contributed by atoms with E-state index in [0.717, 1.165) is 10.6 Å². The van der Waals surface area contributed by atoms with E-state index >= 15 is 0 Å². The lowest BCUT2D eigenvalue weighted by atomic mass is 9.96. The molecule has 2 heterocycles. The fraction of sp³-hybridized carbons (Fsp3) is 0.152. The summed E-state index contributed by atoms with van der Waals surface area (Å²) in [6, 6.07) is 17.6. The summed E-state index contributed by atoms with van der Waals surface area (Å²) >= 11 is 0. The lowest BCUT2D eigenvalue weighted by Crippen LogP contribution is -2.26. The van der Waals surface area contributed by atoms with Gasteiger partial charge in [0.2, 0.25) is 10.0 Å². The number of halogens is 2. The van der Waals surface area contributed by atoms with Gasteiger partial charge in [0.1, 0.15) is 28.5 Å². The van der Waals surface area contributed by atoms with E-state index in [1.54, 1.807) is 37.3 Å². The molecule has 13 heteroatoms. The maximum Gasteiger partial charge on any atom is 0.277 e. The number of benzene rings is 4. The van der Waals surface area contributed by atoms with Crippen molar-refractivity contribution in [2.24, 2.45) is 0 Å². The van der Waals surface area contributed by atoms with Crippen molar-refractivity contribution in [2.75, 3.05) is 24.7 Å². The van der Waals surface area contributed by atoms with Crippen LogP contribution < -0.4 is 15.2 Å². The number of carbonyl (C=O) groups excluding carboxylic acids is 1. The molecule has 0 aliphatic heterocycles. The number of anilines is 1. The van der Waals surface area contributed by atoms with Crippen molar-refractivity contribution in [3.63, 3.8) is 0 Å². The third-order valence-corrected chi connectivity index (χ3v) is 8.97. The second kappa shape index (κ2) is 11.5. The summed E-state index contributed by atoms with van der Waals surface area (Å²) in [6.45, 7) is 1.80. The van der Waals surface area contributed by atoms with Gasteiger partial charge in [-0.15, -0.1) is 5.10 Å². The van der Waals surface area contributed by atoms with Gasteiger partial charge in [0.25, 0.3) is 11.5 Å². The number of amides is 1. The minimum absolute atomic E-state index is 0.0516. The molecule has 6 aromatic rings. The highest BCUT2D eigenvalue weighted by molar-refractivity contribution is 7.92. The van der Waals surface area contributed by atoms with E-state index in [2.05, 4.69) is 15.6 Å². The molecular weight excluding hydrogens is 616 g/mol.